The van der Waals surface area contributed by atoms with E-state index in [2.05, 4.69) is 36.1 Å². The summed E-state index contributed by atoms with van der Waals surface area (Å²) in [7, 11) is 0. The van der Waals surface area contributed by atoms with Crippen LogP contribution in [0.1, 0.15) is 18.4 Å². The van der Waals surface area contributed by atoms with Crippen molar-refractivity contribution in [3.05, 3.63) is 29.8 Å². The van der Waals surface area contributed by atoms with Crippen LogP contribution in [0.2, 0.25) is 0 Å². The zero-order valence-corrected chi connectivity index (χ0v) is 9.56. The van der Waals surface area contributed by atoms with Gasteiger partial charge in [0, 0.05) is 31.6 Å². The summed E-state index contributed by atoms with van der Waals surface area (Å²) in [6.45, 7) is 4.59. The average Bonchev–Trinajstić information content (AvgIpc) is 2.30. The smallest absolute Gasteiger partial charge is 0.293 e. The number of anilines is 1. The summed E-state index contributed by atoms with van der Waals surface area (Å²) >= 11 is 0. The average molecular weight is 219 g/mol. The fraction of sp³-hybridized carbons (Fsp3) is 0.462. The first-order valence-electron chi connectivity index (χ1n) is 5.70. The summed E-state index contributed by atoms with van der Waals surface area (Å²) in [5.74, 6) is 0. The molecule has 0 N–H and O–H groups in total. The van der Waals surface area contributed by atoms with E-state index >= 15 is 0 Å². The van der Waals surface area contributed by atoms with Crippen molar-refractivity contribution in [2.24, 2.45) is 0 Å². The number of hydrogen-bond acceptors (Lipinski definition) is 3. The summed E-state index contributed by atoms with van der Waals surface area (Å²) < 4.78 is 4.98. The number of piperidine rings is 1. The fourth-order valence-electron chi connectivity index (χ4n) is 2.15. The van der Waals surface area contributed by atoms with Crippen LogP contribution < -0.4 is 4.90 Å². The molecule has 0 radical (unpaired) electrons. The van der Waals surface area contributed by atoms with Gasteiger partial charge in [0.15, 0.2) is 0 Å². The van der Waals surface area contributed by atoms with Crippen LogP contribution in [-0.2, 0) is 9.53 Å². The molecule has 0 unspecified atom stereocenters. The Bertz CT molecular complexity index is 357. The number of hydrogen-bond donors (Lipinski definition) is 0. The molecule has 0 bridgehead atoms. The third-order valence-corrected chi connectivity index (χ3v) is 3.06. The highest BCUT2D eigenvalue weighted by molar-refractivity contribution is 5.48. The number of aryl methyl sites for hydroxylation is 1. The van der Waals surface area contributed by atoms with Crippen LogP contribution in [0.5, 0.6) is 0 Å². The van der Waals surface area contributed by atoms with Crippen molar-refractivity contribution < 1.29 is 9.53 Å². The molecule has 2 rings (SSSR count). The second-order valence-electron chi connectivity index (χ2n) is 4.26. The van der Waals surface area contributed by atoms with Gasteiger partial charge >= 0.3 is 0 Å². The van der Waals surface area contributed by atoms with E-state index in [1.54, 1.807) is 0 Å². The lowest BCUT2D eigenvalue weighted by atomic mass is 10.1. The second kappa shape index (κ2) is 5.01. The van der Waals surface area contributed by atoms with Gasteiger partial charge in [0.25, 0.3) is 6.47 Å². The van der Waals surface area contributed by atoms with Gasteiger partial charge in [0.2, 0.25) is 0 Å². The number of nitrogens with zero attached hydrogens (tertiary/aromatic N) is 1. The predicted octanol–water partition coefficient (Wildman–Crippen LogP) is 2.14. The van der Waals surface area contributed by atoms with Crippen LogP contribution in [-0.4, -0.2) is 25.7 Å². The van der Waals surface area contributed by atoms with Gasteiger partial charge in [-0.05, 0) is 24.6 Å². The van der Waals surface area contributed by atoms with E-state index in [0.29, 0.717) is 6.47 Å². The van der Waals surface area contributed by atoms with Crippen molar-refractivity contribution in [1.82, 2.24) is 0 Å². The Balaban J connectivity index is 1.96. The van der Waals surface area contributed by atoms with Gasteiger partial charge in [-0.3, -0.25) is 4.79 Å². The highest BCUT2D eigenvalue weighted by atomic mass is 16.5. The normalized spacial score (nSPS) is 17.2. The molecular formula is C13H17NO2. The molecule has 1 fully saturated rings. The molecule has 3 nitrogen and oxygen atoms in total. The molecule has 0 spiro atoms. The van der Waals surface area contributed by atoms with Gasteiger partial charge in [0.1, 0.15) is 6.10 Å². The zero-order valence-electron chi connectivity index (χ0n) is 9.56. The Morgan fingerprint density at radius 3 is 2.75 bits per heavy atom. The van der Waals surface area contributed by atoms with Crippen molar-refractivity contribution in [3.63, 3.8) is 0 Å². The van der Waals surface area contributed by atoms with Gasteiger partial charge < -0.3 is 9.64 Å². The summed E-state index contributed by atoms with van der Waals surface area (Å²) in [5.41, 5.74) is 2.55. The first kappa shape index (κ1) is 11.0. The van der Waals surface area contributed by atoms with Crippen LogP contribution in [0.3, 0.4) is 0 Å². The Morgan fingerprint density at radius 2 is 2.12 bits per heavy atom. The van der Waals surface area contributed by atoms with Crippen LogP contribution in [0.25, 0.3) is 0 Å². The molecule has 3 heteroatoms. The maximum Gasteiger partial charge on any atom is 0.293 e. The van der Waals surface area contributed by atoms with Gasteiger partial charge in [-0.15, -0.1) is 0 Å². The van der Waals surface area contributed by atoms with E-state index in [4.69, 9.17) is 4.74 Å². The van der Waals surface area contributed by atoms with Gasteiger partial charge in [-0.1, -0.05) is 12.1 Å². The Labute approximate surface area is 96.0 Å². The van der Waals surface area contributed by atoms with Crippen molar-refractivity contribution >= 4 is 12.2 Å². The SMILES string of the molecule is Cc1cccc(N2CCC(OC=O)CC2)c1. The van der Waals surface area contributed by atoms with E-state index < -0.39 is 0 Å². The lowest BCUT2D eigenvalue weighted by molar-refractivity contribution is -0.134. The van der Waals surface area contributed by atoms with Crippen molar-refractivity contribution in [2.75, 3.05) is 18.0 Å². The van der Waals surface area contributed by atoms with E-state index in [1.807, 2.05) is 0 Å². The Kier molecular flexibility index (Phi) is 3.44. The van der Waals surface area contributed by atoms with Crippen LogP contribution in [0.15, 0.2) is 24.3 Å². The van der Waals surface area contributed by atoms with E-state index in [0.717, 1.165) is 25.9 Å². The van der Waals surface area contributed by atoms with Crippen molar-refractivity contribution in [1.29, 1.82) is 0 Å². The minimum absolute atomic E-state index is 0.110. The maximum absolute atomic E-state index is 10.2. The van der Waals surface area contributed by atoms with Crippen molar-refractivity contribution in [2.45, 2.75) is 25.9 Å². The molecule has 1 aromatic carbocycles. The first-order chi connectivity index (χ1) is 7.79. The van der Waals surface area contributed by atoms with E-state index in [9.17, 15) is 4.79 Å². The minimum atomic E-state index is 0.110. The largest absolute Gasteiger partial charge is 0.464 e. The molecule has 16 heavy (non-hydrogen) atoms. The second-order valence-corrected chi connectivity index (χ2v) is 4.26. The predicted molar refractivity (Wildman–Crippen MR) is 63.6 cm³/mol. The highest BCUT2D eigenvalue weighted by Crippen LogP contribution is 2.21. The van der Waals surface area contributed by atoms with Crippen molar-refractivity contribution in [3.8, 4) is 0 Å². The molecule has 86 valence electrons. The van der Waals surface area contributed by atoms with Crippen LogP contribution in [0.4, 0.5) is 5.69 Å². The lowest BCUT2D eigenvalue weighted by Crippen LogP contribution is -2.36. The van der Waals surface area contributed by atoms with E-state index in [1.165, 1.54) is 11.3 Å². The number of ether oxygens (including phenoxy) is 1. The quantitative estimate of drug-likeness (QED) is 0.729. The highest BCUT2D eigenvalue weighted by Gasteiger charge is 2.19. The number of rotatable bonds is 3. The van der Waals surface area contributed by atoms with Gasteiger partial charge in [-0.25, -0.2) is 0 Å². The fourth-order valence-corrected chi connectivity index (χ4v) is 2.15. The molecular weight excluding hydrogens is 202 g/mol. The summed E-state index contributed by atoms with van der Waals surface area (Å²) in [4.78, 5) is 12.6. The molecule has 0 atom stereocenters. The number of carbonyl (C=O) groups is 1. The summed E-state index contributed by atoms with van der Waals surface area (Å²) in [6.07, 6.45) is 1.96. The monoisotopic (exact) mass is 219 g/mol. The summed E-state index contributed by atoms with van der Waals surface area (Å²) in [5, 5.41) is 0. The topological polar surface area (TPSA) is 29.5 Å². The molecule has 1 aliphatic heterocycles. The molecule has 1 aromatic rings. The Hall–Kier alpha value is -1.51. The summed E-state index contributed by atoms with van der Waals surface area (Å²) in [6, 6.07) is 8.51. The number of benzene rings is 1. The lowest BCUT2D eigenvalue weighted by Gasteiger charge is -2.32. The minimum Gasteiger partial charge on any atom is -0.464 e. The third kappa shape index (κ3) is 2.54. The first-order valence-corrected chi connectivity index (χ1v) is 5.70. The standard InChI is InChI=1S/C13H17NO2/c1-11-3-2-4-12(9-11)14-7-5-13(6-8-14)16-10-15/h2-4,9-10,13H,5-8H2,1H3. The van der Waals surface area contributed by atoms with Gasteiger partial charge in [-0.2, -0.15) is 0 Å². The van der Waals surface area contributed by atoms with Crippen LogP contribution in [0, 0.1) is 6.92 Å². The maximum atomic E-state index is 10.2. The van der Waals surface area contributed by atoms with Crippen LogP contribution >= 0.6 is 0 Å². The molecule has 1 heterocycles. The molecule has 0 saturated carbocycles. The number of carbonyl (C=O) groups excluding carboxylic acids is 1. The van der Waals surface area contributed by atoms with E-state index in [-0.39, 0.29) is 6.10 Å². The molecule has 1 saturated heterocycles. The van der Waals surface area contributed by atoms with Gasteiger partial charge in [0.05, 0.1) is 0 Å². The zero-order chi connectivity index (χ0) is 11.4. The molecule has 0 aromatic heterocycles. The molecule has 0 amide bonds. The molecule has 1 aliphatic rings. The third-order valence-electron chi connectivity index (χ3n) is 3.06. The molecule has 0 aliphatic carbocycles. The Morgan fingerprint density at radius 1 is 1.38 bits per heavy atom.